The van der Waals surface area contributed by atoms with E-state index in [9.17, 15) is 0 Å². The maximum atomic E-state index is 3.06. The summed E-state index contributed by atoms with van der Waals surface area (Å²) in [6.45, 7) is 12.0. The van der Waals surface area contributed by atoms with E-state index < -0.39 is 0 Å². The van der Waals surface area contributed by atoms with Crippen LogP contribution in [-0.4, -0.2) is 6.88 Å². The summed E-state index contributed by atoms with van der Waals surface area (Å²) in [5, 5.41) is 13.3. The normalized spacial score (nSPS) is 10.7. The molecule has 252 valence electrons. The predicted octanol–water partition coefficient (Wildman–Crippen LogP) is 14.2. The molecule has 0 aromatic heterocycles. The molecule has 9 aromatic carbocycles. The Morgan fingerprint density at radius 1 is 0.471 bits per heavy atom. The third-order valence-electron chi connectivity index (χ3n) is 9.85. The zero-order chi connectivity index (χ0) is 34.1. The molecule has 0 heterocycles. The molecule has 0 amide bonds. The number of hydrogen-bond donors (Lipinski definition) is 0. The van der Waals surface area contributed by atoms with Crippen LogP contribution < -0.4 is 0 Å². The van der Waals surface area contributed by atoms with Gasteiger partial charge in [0.25, 0.3) is 0 Å². The van der Waals surface area contributed by atoms with Crippen LogP contribution in [0.2, 0.25) is 0 Å². The Kier molecular flexibility index (Phi) is 12.1. The van der Waals surface area contributed by atoms with Crippen molar-refractivity contribution in [3.8, 4) is 22.3 Å². The zero-order valence-electron chi connectivity index (χ0n) is 30.5. The summed E-state index contributed by atoms with van der Waals surface area (Å²) in [5.74, 6) is 0.563. The number of rotatable bonds is 3. The van der Waals surface area contributed by atoms with Crippen LogP contribution in [0.1, 0.15) is 36.5 Å². The van der Waals surface area contributed by atoms with Crippen molar-refractivity contribution in [1.29, 1.82) is 0 Å². The second-order valence-corrected chi connectivity index (χ2v) is 13.3. The van der Waals surface area contributed by atoms with Crippen LogP contribution in [0.15, 0.2) is 152 Å². The third-order valence-corrected chi connectivity index (χ3v) is 9.85. The first-order valence-electron chi connectivity index (χ1n) is 17.0. The van der Waals surface area contributed by atoms with Crippen molar-refractivity contribution in [2.24, 2.45) is 0 Å². The topological polar surface area (TPSA) is 0 Å². The van der Waals surface area contributed by atoms with Crippen LogP contribution in [0.3, 0.4) is 0 Å². The Balaban J connectivity index is 0.000000183. The van der Waals surface area contributed by atoms with E-state index >= 15 is 0 Å². The van der Waals surface area contributed by atoms with E-state index in [0.29, 0.717) is 5.92 Å². The Morgan fingerprint density at radius 2 is 1.02 bits per heavy atom. The molecule has 0 atom stereocenters. The number of hydrogen-bond acceptors (Lipinski definition) is 0. The first kappa shape index (κ1) is 37.9. The van der Waals surface area contributed by atoms with Gasteiger partial charge < -0.3 is 14.9 Å². The van der Waals surface area contributed by atoms with Crippen molar-refractivity contribution < 1.29 is 23.3 Å². The summed E-state index contributed by atoms with van der Waals surface area (Å²) in [5.41, 5.74) is 9.40. The maximum absolute atomic E-state index is 3.06. The summed E-state index contributed by atoms with van der Waals surface area (Å²) in [7, 11) is 0. The van der Waals surface area contributed by atoms with E-state index in [1.165, 1.54) is 116 Å². The predicted molar refractivity (Wildman–Crippen MR) is 225 cm³/mol. The Morgan fingerprint density at radius 3 is 1.75 bits per heavy atom. The first-order chi connectivity index (χ1) is 24.0. The number of benzene rings is 7. The van der Waals surface area contributed by atoms with Gasteiger partial charge in [-0.05, 0) is 49.4 Å². The molecule has 0 nitrogen and oxygen atoms in total. The summed E-state index contributed by atoms with van der Waals surface area (Å²) in [4.78, 5) is 0. The van der Waals surface area contributed by atoms with Crippen molar-refractivity contribution in [2.45, 2.75) is 33.6 Å². The monoisotopic (exact) mass is 750 g/mol. The molecule has 0 aliphatic rings. The second-order valence-electron chi connectivity index (χ2n) is 13.3. The minimum atomic E-state index is 0. The van der Waals surface area contributed by atoms with Crippen molar-refractivity contribution in [2.75, 3.05) is 0 Å². The number of aryl methyl sites for hydroxylation is 2. The quantitative estimate of drug-likeness (QED) is 0.0958. The van der Waals surface area contributed by atoms with Crippen LogP contribution >= 0.6 is 0 Å². The van der Waals surface area contributed by atoms with Gasteiger partial charge in [-0.1, -0.05) is 148 Å². The van der Waals surface area contributed by atoms with Gasteiger partial charge in [-0.15, -0.1) is 68.6 Å². The van der Waals surface area contributed by atoms with Gasteiger partial charge in [0.15, 0.2) is 0 Å². The summed E-state index contributed by atoms with van der Waals surface area (Å²) in [6.07, 6.45) is 0. The molecule has 2 radical (unpaired) electrons. The third kappa shape index (κ3) is 7.23. The summed E-state index contributed by atoms with van der Waals surface area (Å²) < 4.78 is 0. The van der Waals surface area contributed by atoms with Crippen LogP contribution in [-0.2, 0) is 23.3 Å². The molecule has 9 aromatic rings. The van der Waals surface area contributed by atoms with Crippen LogP contribution in [0.5, 0.6) is 0 Å². The first-order valence-corrected chi connectivity index (χ1v) is 21.1. The van der Waals surface area contributed by atoms with Crippen molar-refractivity contribution in [3.63, 3.8) is 0 Å². The average Bonchev–Trinajstić information content (AvgIpc) is 3.77. The van der Waals surface area contributed by atoms with Crippen LogP contribution in [0, 0.1) is 28.7 Å². The van der Waals surface area contributed by atoms with Crippen molar-refractivity contribution in [3.05, 3.63) is 183 Å². The van der Waals surface area contributed by atoms with E-state index in [1.54, 1.807) is 0 Å². The van der Waals surface area contributed by atoms with Gasteiger partial charge in [-0.25, -0.2) is 0 Å². The van der Waals surface area contributed by atoms with Gasteiger partial charge in [0, 0.05) is 0 Å². The molecule has 0 saturated carbocycles. The molecule has 9 rings (SSSR count). The molecule has 2 heteroatoms. The fourth-order valence-electron chi connectivity index (χ4n) is 7.39. The molecule has 0 aliphatic carbocycles. The fraction of sp³-hybridized carbons (Fsp3) is 0.102. The fourth-order valence-corrected chi connectivity index (χ4v) is 7.39. The van der Waals surface area contributed by atoms with Crippen LogP contribution in [0.4, 0.5) is 0 Å². The van der Waals surface area contributed by atoms with Gasteiger partial charge in [-0.2, -0.15) is 12.1 Å². The molecule has 0 saturated heterocycles. The molecular formula is C49H44SiZr-4. The van der Waals surface area contributed by atoms with E-state index in [-0.39, 0.29) is 14.9 Å². The Bertz CT molecular complexity index is 2590. The van der Waals surface area contributed by atoms with Gasteiger partial charge in [0.1, 0.15) is 0 Å². The van der Waals surface area contributed by atoms with E-state index in [4.69, 9.17) is 0 Å². The van der Waals surface area contributed by atoms with E-state index in [2.05, 4.69) is 186 Å². The molecule has 51 heavy (non-hydrogen) atoms. The zero-order valence-corrected chi connectivity index (χ0v) is 34.0. The Hall–Kier alpha value is -4.36. The molecule has 0 fully saturated rings. The average molecular weight is 752 g/mol. The molecule has 0 spiro atoms. The Labute approximate surface area is 321 Å². The van der Waals surface area contributed by atoms with Gasteiger partial charge in [0.2, 0.25) is 0 Å². The van der Waals surface area contributed by atoms with Crippen molar-refractivity contribution >= 4 is 60.7 Å². The van der Waals surface area contributed by atoms with E-state index in [0.717, 1.165) is 0 Å². The van der Waals surface area contributed by atoms with E-state index in [1.807, 2.05) is 0 Å². The van der Waals surface area contributed by atoms with Gasteiger partial charge >= 0.3 is 30.2 Å². The molecule has 0 unspecified atom stereocenters. The van der Waals surface area contributed by atoms with Gasteiger partial charge in [0.05, 0.1) is 0 Å². The summed E-state index contributed by atoms with van der Waals surface area (Å²) >= 11 is 1.36. The molecule has 0 N–H and O–H groups in total. The second kappa shape index (κ2) is 16.3. The van der Waals surface area contributed by atoms with Crippen molar-refractivity contribution in [1.82, 2.24) is 0 Å². The minimum absolute atomic E-state index is 0. The summed E-state index contributed by atoms with van der Waals surface area (Å²) in [6, 6.07) is 55.5. The standard InChI is InChI=1S/C25H19.C22H19.2CH3.Si.Zr/c1-16-14-24-17(2)10-12-23(25(24)15-16)21-9-5-8-20-19-7-4-3-6-18(19)11-13-22(20)21;1-15(2)18-13-17-9-6-12-21(22(17)14-18)20-11-5-8-16-7-3-4-10-19(16)20;;;;/h3-15H,1-2H3;3-15H,1-2H3;2*1H3;;/q4*-1;;. The van der Waals surface area contributed by atoms with Gasteiger partial charge in [-0.3, -0.25) is 0 Å². The molecule has 0 aliphatic heterocycles. The SMILES string of the molecule is CC(C)c1cc2c(-c3cccc4ccccc34)cccc2[cH-]1.Cc1cc2c(-c3cccc4c3ccc3ccccc34)ccc(C)c2[cH-]1.[CH3-].[CH3-].[Si]=[Zr]. The molecule has 0 bridgehead atoms. The van der Waals surface area contributed by atoms with Crippen LogP contribution in [0.25, 0.3) is 76.1 Å². The molecular weight excluding hydrogens is 708 g/mol. The number of fused-ring (bicyclic) bond motifs is 6.